The number of nitrogens with zero attached hydrogens (tertiary/aromatic N) is 3. The second-order valence-corrected chi connectivity index (χ2v) is 5.41. The average Bonchev–Trinajstić information content (AvgIpc) is 3.31. The lowest BCUT2D eigenvalue weighted by Gasteiger charge is -2.22. The van der Waals surface area contributed by atoms with Gasteiger partial charge in [0.1, 0.15) is 23.4 Å². The van der Waals surface area contributed by atoms with Crippen molar-refractivity contribution in [3.05, 3.63) is 54.0 Å². The zero-order valence-electron chi connectivity index (χ0n) is 13.7. The van der Waals surface area contributed by atoms with E-state index >= 15 is 0 Å². The Balaban J connectivity index is 1.77. The van der Waals surface area contributed by atoms with Crippen molar-refractivity contribution in [2.45, 2.75) is 13.0 Å². The maximum Gasteiger partial charge on any atom is 0.272 e. The first kappa shape index (κ1) is 15.8. The van der Waals surface area contributed by atoms with Crippen LogP contribution in [-0.4, -0.2) is 40.3 Å². The molecule has 0 fully saturated rings. The molecular formula is C17H18N4O3. The number of hydrogen-bond donors (Lipinski definition) is 1. The fraction of sp³-hybridized carbons (Fsp3) is 0.235. The van der Waals surface area contributed by atoms with Crippen molar-refractivity contribution in [1.29, 1.82) is 0 Å². The normalized spacial score (nSPS) is 12.0. The third-order valence-electron chi connectivity index (χ3n) is 3.98. The van der Waals surface area contributed by atoms with Crippen molar-refractivity contribution in [2.24, 2.45) is 0 Å². The first-order valence-corrected chi connectivity index (χ1v) is 7.47. The quantitative estimate of drug-likeness (QED) is 0.779. The monoisotopic (exact) mass is 326 g/mol. The average molecular weight is 326 g/mol. The Morgan fingerprint density at radius 2 is 2.04 bits per heavy atom. The van der Waals surface area contributed by atoms with E-state index in [9.17, 15) is 4.79 Å². The molecule has 0 radical (unpaired) electrons. The first-order valence-electron chi connectivity index (χ1n) is 7.47. The Bertz CT molecular complexity index is 809. The fourth-order valence-electron chi connectivity index (χ4n) is 2.34. The molecule has 2 aromatic heterocycles. The number of benzene rings is 1. The molecule has 1 amide bonds. The van der Waals surface area contributed by atoms with Gasteiger partial charge in [-0.15, -0.1) is 0 Å². The molecule has 0 aliphatic heterocycles. The van der Waals surface area contributed by atoms with Crippen molar-refractivity contribution in [2.75, 3.05) is 14.2 Å². The zero-order valence-corrected chi connectivity index (χ0v) is 13.7. The van der Waals surface area contributed by atoms with E-state index in [-0.39, 0.29) is 11.9 Å². The molecule has 3 rings (SSSR count). The van der Waals surface area contributed by atoms with Crippen LogP contribution in [0.2, 0.25) is 0 Å². The number of methoxy groups -OCH3 is 1. The number of aromatic amines is 1. The number of H-pyrrole nitrogens is 1. The van der Waals surface area contributed by atoms with Crippen molar-refractivity contribution >= 4 is 5.91 Å². The lowest BCUT2D eigenvalue weighted by molar-refractivity contribution is 0.0731. The Kier molecular flexibility index (Phi) is 4.33. The molecule has 0 saturated heterocycles. The summed E-state index contributed by atoms with van der Waals surface area (Å²) in [5.74, 6) is 0.601. The number of amides is 1. The number of ether oxygens (including phenoxy) is 1. The Morgan fingerprint density at radius 1 is 1.29 bits per heavy atom. The molecule has 24 heavy (non-hydrogen) atoms. The number of aromatic nitrogens is 3. The van der Waals surface area contributed by atoms with Gasteiger partial charge < -0.3 is 14.2 Å². The molecule has 7 nitrogen and oxygen atoms in total. The Hall–Kier alpha value is -3.09. The summed E-state index contributed by atoms with van der Waals surface area (Å²) < 4.78 is 9.97. The molecule has 0 bridgehead atoms. The minimum absolute atomic E-state index is 0.169. The largest absolute Gasteiger partial charge is 0.497 e. The molecule has 0 aliphatic rings. The van der Waals surface area contributed by atoms with Gasteiger partial charge in [0.15, 0.2) is 0 Å². The van der Waals surface area contributed by atoms with E-state index in [0.29, 0.717) is 17.1 Å². The fourth-order valence-corrected chi connectivity index (χ4v) is 2.34. The number of carbonyl (C=O) groups is 1. The summed E-state index contributed by atoms with van der Waals surface area (Å²) in [5.41, 5.74) is 2.71. The number of rotatable bonds is 5. The summed E-state index contributed by atoms with van der Waals surface area (Å²) >= 11 is 0. The molecule has 0 saturated carbocycles. The number of hydrogen-bond acceptors (Lipinski definition) is 5. The molecule has 124 valence electrons. The topological polar surface area (TPSA) is 84.2 Å². The van der Waals surface area contributed by atoms with Crippen LogP contribution in [0.3, 0.4) is 0 Å². The van der Waals surface area contributed by atoms with Crippen LogP contribution in [0.4, 0.5) is 0 Å². The van der Waals surface area contributed by atoms with Gasteiger partial charge in [-0.05, 0) is 37.3 Å². The standard InChI is InChI=1S/C17H18N4O3/c1-11(14-8-9-24-20-14)21(2)17(22)16-10-15(18-19-16)12-4-6-13(23-3)7-5-12/h4-11H,1-3H3,(H,18,19). The van der Waals surface area contributed by atoms with Crippen molar-refractivity contribution in [3.8, 4) is 17.0 Å². The van der Waals surface area contributed by atoms with Gasteiger partial charge in [0.2, 0.25) is 0 Å². The molecule has 1 unspecified atom stereocenters. The van der Waals surface area contributed by atoms with Crippen LogP contribution in [-0.2, 0) is 0 Å². The second-order valence-electron chi connectivity index (χ2n) is 5.41. The van der Waals surface area contributed by atoms with Crippen molar-refractivity contribution in [1.82, 2.24) is 20.3 Å². The van der Waals surface area contributed by atoms with Gasteiger partial charge in [-0.3, -0.25) is 9.89 Å². The smallest absolute Gasteiger partial charge is 0.272 e. The maximum atomic E-state index is 12.6. The molecular weight excluding hydrogens is 308 g/mol. The summed E-state index contributed by atoms with van der Waals surface area (Å²) in [6.45, 7) is 1.89. The summed E-state index contributed by atoms with van der Waals surface area (Å²) in [4.78, 5) is 14.2. The van der Waals surface area contributed by atoms with E-state index < -0.39 is 0 Å². The number of nitrogens with one attached hydrogen (secondary N) is 1. The van der Waals surface area contributed by atoms with E-state index in [1.54, 1.807) is 31.2 Å². The van der Waals surface area contributed by atoms with E-state index in [0.717, 1.165) is 11.3 Å². The SMILES string of the molecule is COc1ccc(-c2cc(C(=O)N(C)C(C)c3ccon3)[nH]n2)cc1. The summed E-state index contributed by atoms with van der Waals surface area (Å²) in [5, 5.41) is 10.9. The van der Waals surface area contributed by atoms with Gasteiger partial charge in [-0.25, -0.2) is 0 Å². The van der Waals surface area contributed by atoms with E-state index in [1.165, 1.54) is 6.26 Å². The lowest BCUT2D eigenvalue weighted by Crippen LogP contribution is -2.30. The third-order valence-corrected chi connectivity index (χ3v) is 3.98. The van der Waals surface area contributed by atoms with Gasteiger partial charge in [0, 0.05) is 18.7 Å². The molecule has 1 aromatic carbocycles. The first-order chi connectivity index (χ1) is 11.6. The van der Waals surface area contributed by atoms with Crippen LogP contribution in [0.15, 0.2) is 47.2 Å². The predicted molar refractivity (Wildman–Crippen MR) is 87.6 cm³/mol. The van der Waals surface area contributed by atoms with Crippen molar-refractivity contribution in [3.63, 3.8) is 0 Å². The number of carbonyl (C=O) groups excluding carboxylic acids is 1. The van der Waals surface area contributed by atoms with Gasteiger partial charge in [0.05, 0.1) is 18.8 Å². The predicted octanol–water partition coefficient (Wildman–Crippen LogP) is 2.91. The minimum Gasteiger partial charge on any atom is -0.497 e. The highest BCUT2D eigenvalue weighted by Crippen LogP contribution is 2.23. The molecule has 3 aromatic rings. The molecule has 2 heterocycles. The van der Waals surface area contributed by atoms with Gasteiger partial charge in [0.25, 0.3) is 5.91 Å². The van der Waals surface area contributed by atoms with Crippen LogP contribution in [0.1, 0.15) is 29.1 Å². The van der Waals surface area contributed by atoms with Crippen LogP contribution in [0, 0.1) is 0 Å². The van der Waals surface area contributed by atoms with Gasteiger partial charge >= 0.3 is 0 Å². The molecule has 1 N–H and O–H groups in total. The second kappa shape index (κ2) is 6.57. The highest BCUT2D eigenvalue weighted by molar-refractivity contribution is 5.93. The highest BCUT2D eigenvalue weighted by Gasteiger charge is 2.22. The highest BCUT2D eigenvalue weighted by atomic mass is 16.5. The van der Waals surface area contributed by atoms with Crippen molar-refractivity contribution < 1.29 is 14.1 Å². The molecule has 1 atom stereocenters. The Morgan fingerprint density at radius 3 is 2.67 bits per heavy atom. The molecule has 0 aliphatic carbocycles. The molecule has 0 spiro atoms. The van der Waals surface area contributed by atoms with Crippen LogP contribution < -0.4 is 4.74 Å². The summed E-state index contributed by atoms with van der Waals surface area (Å²) in [6, 6.07) is 10.8. The minimum atomic E-state index is -0.205. The van der Waals surface area contributed by atoms with Crippen LogP contribution in [0.25, 0.3) is 11.3 Å². The maximum absolute atomic E-state index is 12.6. The van der Waals surface area contributed by atoms with E-state index in [1.807, 2.05) is 31.2 Å². The van der Waals surface area contributed by atoms with Crippen LogP contribution >= 0.6 is 0 Å². The van der Waals surface area contributed by atoms with E-state index in [4.69, 9.17) is 9.26 Å². The lowest BCUT2D eigenvalue weighted by atomic mass is 10.1. The summed E-state index contributed by atoms with van der Waals surface area (Å²) in [7, 11) is 3.34. The van der Waals surface area contributed by atoms with Gasteiger partial charge in [-0.2, -0.15) is 5.10 Å². The van der Waals surface area contributed by atoms with E-state index in [2.05, 4.69) is 15.4 Å². The Labute approximate surface area is 139 Å². The summed E-state index contributed by atoms with van der Waals surface area (Å²) in [6.07, 6.45) is 1.49. The molecule has 7 heteroatoms. The van der Waals surface area contributed by atoms with Crippen LogP contribution in [0.5, 0.6) is 5.75 Å². The zero-order chi connectivity index (χ0) is 17.1. The van der Waals surface area contributed by atoms with Gasteiger partial charge in [-0.1, -0.05) is 5.16 Å². The third kappa shape index (κ3) is 3.01.